The smallest absolute Gasteiger partial charge is 0.295 e. The van der Waals surface area contributed by atoms with E-state index in [0.717, 1.165) is 50.2 Å². The summed E-state index contributed by atoms with van der Waals surface area (Å²) in [7, 11) is 0. The van der Waals surface area contributed by atoms with E-state index < -0.39 is 17.7 Å². The molecule has 8 nitrogen and oxygen atoms in total. The Morgan fingerprint density at radius 2 is 1.69 bits per heavy atom. The van der Waals surface area contributed by atoms with Crippen molar-refractivity contribution in [3.8, 4) is 17.2 Å². The molecule has 2 aliphatic heterocycles. The molecule has 2 aliphatic rings. The highest BCUT2D eigenvalue weighted by atomic mass is 16.6. The third-order valence-corrected chi connectivity index (χ3v) is 7.34. The van der Waals surface area contributed by atoms with Gasteiger partial charge >= 0.3 is 0 Å². The molecule has 0 aliphatic carbocycles. The lowest BCUT2D eigenvalue weighted by Gasteiger charge is -2.27. The van der Waals surface area contributed by atoms with Gasteiger partial charge in [-0.3, -0.25) is 9.59 Å². The first-order valence-corrected chi connectivity index (χ1v) is 14.1. The largest absolute Gasteiger partial charge is 0.507 e. The molecule has 1 N–H and O–H groups in total. The van der Waals surface area contributed by atoms with Crippen LogP contribution in [-0.2, 0) is 9.59 Å². The lowest BCUT2D eigenvalue weighted by Crippen LogP contribution is -2.33. The van der Waals surface area contributed by atoms with E-state index in [1.165, 1.54) is 0 Å². The van der Waals surface area contributed by atoms with Crippen LogP contribution in [0.3, 0.4) is 0 Å². The number of carbonyl (C=O) groups is 2. The van der Waals surface area contributed by atoms with Crippen molar-refractivity contribution >= 4 is 17.4 Å². The highest BCUT2D eigenvalue weighted by molar-refractivity contribution is 6.46. The van der Waals surface area contributed by atoms with E-state index in [1.807, 2.05) is 24.3 Å². The van der Waals surface area contributed by atoms with Crippen LogP contribution in [-0.4, -0.2) is 72.6 Å². The first kappa shape index (κ1) is 28.5. The minimum absolute atomic E-state index is 0.0798. The fraction of sp³-hybridized carbons (Fsp3) is 0.484. The SMILES string of the molecule is CCCCCOc1ccc([C@H]2/C(=C(\O)c3ccc4c(c3)OCCO4)C(=O)C(=O)N2CCCN(CC)CC)cc1. The van der Waals surface area contributed by atoms with Crippen molar-refractivity contribution in [1.82, 2.24) is 9.80 Å². The van der Waals surface area contributed by atoms with Gasteiger partial charge in [0.1, 0.15) is 24.7 Å². The molecule has 1 fully saturated rings. The number of aliphatic hydroxyl groups excluding tert-OH is 1. The number of benzene rings is 2. The molecule has 2 aromatic rings. The minimum Gasteiger partial charge on any atom is -0.507 e. The zero-order valence-corrected chi connectivity index (χ0v) is 23.3. The monoisotopic (exact) mass is 536 g/mol. The second-order valence-electron chi connectivity index (χ2n) is 9.86. The molecule has 1 atom stereocenters. The fourth-order valence-corrected chi connectivity index (χ4v) is 5.10. The zero-order valence-electron chi connectivity index (χ0n) is 23.3. The standard InChI is InChI=1S/C31H40N2O6/c1-4-7-8-18-37-24-13-10-22(11-14-24)28-27(29(34)23-12-15-25-26(21-23)39-20-19-38-25)30(35)31(36)33(28)17-9-16-32(5-2)6-3/h10-15,21,28,34H,4-9,16-20H2,1-3H3/b29-27+/t28-/m0/s1. The summed E-state index contributed by atoms with van der Waals surface area (Å²) < 4.78 is 17.1. The molecule has 0 saturated carbocycles. The number of aliphatic hydroxyl groups is 1. The maximum absolute atomic E-state index is 13.4. The molecule has 8 heteroatoms. The number of hydrogen-bond acceptors (Lipinski definition) is 7. The van der Waals surface area contributed by atoms with Gasteiger partial charge in [-0.25, -0.2) is 0 Å². The molecular weight excluding hydrogens is 496 g/mol. The lowest BCUT2D eigenvalue weighted by molar-refractivity contribution is -0.140. The minimum atomic E-state index is -0.705. The second kappa shape index (κ2) is 13.5. The van der Waals surface area contributed by atoms with Crippen LogP contribution in [0.4, 0.5) is 0 Å². The molecule has 2 aromatic carbocycles. The number of carbonyl (C=O) groups excluding carboxylic acids is 2. The quantitative estimate of drug-likeness (QED) is 0.163. The summed E-state index contributed by atoms with van der Waals surface area (Å²) in [5, 5.41) is 11.4. The summed E-state index contributed by atoms with van der Waals surface area (Å²) in [5.41, 5.74) is 1.23. The van der Waals surface area contributed by atoms with E-state index >= 15 is 0 Å². The third-order valence-electron chi connectivity index (χ3n) is 7.34. The first-order chi connectivity index (χ1) is 19.0. The number of Topliss-reactive ketones (excluding diaryl/α,β-unsaturated/α-hetero) is 1. The van der Waals surface area contributed by atoms with Crippen LogP contribution in [0.5, 0.6) is 17.2 Å². The van der Waals surface area contributed by atoms with Gasteiger partial charge in [-0.2, -0.15) is 0 Å². The highest BCUT2D eigenvalue weighted by Crippen LogP contribution is 2.41. The molecule has 0 aromatic heterocycles. The molecule has 39 heavy (non-hydrogen) atoms. The van der Waals surface area contributed by atoms with Crippen molar-refractivity contribution in [3.05, 3.63) is 59.2 Å². The molecule has 1 amide bonds. The Morgan fingerprint density at radius 1 is 0.974 bits per heavy atom. The van der Waals surface area contributed by atoms with E-state index in [4.69, 9.17) is 14.2 Å². The topological polar surface area (TPSA) is 88.5 Å². The van der Waals surface area contributed by atoms with Crippen LogP contribution in [0.2, 0.25) is 0 Å². The van der Waals surface area contributed by atoms with E-state index in [0.29, 0.717) is 49.8 Å². The highest BCUT2D eigenvalue weighted by Gasteiger charge is 2.45. The molecule has 1 saturated heterocycles. The lowest BCUT2D eigenvalue weighted by atomic mass is 9.95. The number of ether oxygens (including phenoxy) is 3. The van der Waals surface area contributed by atoms with Crippen molar-refractivity contribution in [2.45, 2.75) is 52.5 Å². The second-order valence-corrected chi connectivity index (χ2v) is 9.86. The Balaban J connectivity index is 1.66. The van der Waals surface area contributed by atoms with Gasteiger partial charge in [-0.15, -0.1) is 0 Å². The maximum atomic E-state index is 13.4. The van der Waals surface area contributed by atoms with Crippen LogP contribution in [0, 0.1) is 0 Å². The predicted molar refractivity (Wildman–Crippen MR) is 150 cm³/mol. The van der Waals surface area contributed by atoms with E-state index in [2.05, 4.69) is 25.7 Å². The molecule has 2 heterocycles. The summed E-state index contributed by atoms with van der Waals surface area (Å²) in [5.74, 6) is 0.316. The van der Waals surface area contributed by atoms with Crippen molar-refractivity contribution in [3.63, 3.8) is 0 Å². The Morgan fingerprint density at radius 3 is 2.38 bits per heavy atom. The van der Waals surface area contributed by atoms with E-state index in [-0.39, 0.29) is 11.3 Å². The molecule has 4 rings (SSSR count). The zero-order chi connectivity index (χ0) is 27.8. The number of fused-ring (bicyclic) bond motifs is 1. The summed E-state index contributed by atoms with van der Waals surface area (Å²) >= 11 is 0. The molecular formula is C31H40N2O6. The number of nitrogens with zero attached hydrogens (tertiary/aromatic N) is 2. The van der Waals surface area contributed by atoms with Crippen LogP contribution in [0.25, 0.3) is 5.76 Å². The third kappa shape index (κ3) is 6.56. The number of rotatable bonds is 13. The van der Waals surface area contributed by atoms with E-state index in [1.54, 1.807) is 23.1 Å². The van der Waals surface area contributed by atoms with Crippen LogP contribution >= 0.6 is 0 Å². The normalized spacial score (nSPS) is 18.2. The summed E-state index contributed by atoms with van der Waals surface area (Å²) in [4.78, 5) is 30.6. The van der Waals surface area contributed by atoms with Crippen LogP contribution in [0.15, 0.2) is 48.0 Å². The first-order valence-electron chi connectivity index (χ1n) is 14.1. The number of ketones is 1. The van der Waals surface area contributed by atoms with Gasteiger partial charge in [0.2, 0.25) is 0 Å². The van der Waals surface area contributed by atoms with Gasteiger partial charge in [0, 0.05) is 12.1 Å². The molecule has 0 spiro atoms. The molecule has 0 radical (unpaired) electrons. The number of likely N-dealkylation sites (tertiary alicyclic amines) is 1. The van der Waals surface area contributed by atoms with Gasteiger partial charge in [0.25, 0.3) is 11.7 Å². The summed E-state index contributed by atoms with van der Waals surface area (Å²) in [6, 6.07) is 11.8. The van der Waals surface area contributed by atoms with Gasteiger partial charge in [0.15, 0.2) is 11.5 Å². The average Bonchev–Trinajstić information content (AvgIpc) is 3.22. The van der Waals surface area contributed by atoms with Crippen molar-refractivity contribution in [2.24, 2.45) is 0 Å². The van der Waals surface area contributed by atoms with Crippen molar-refractivity contribution in [2.75, 3.05) is 46.0 Å². The van der Waals surface area contributed by atoms with Gasteiger partial charge in [0.05, 0.1) is 18.2 Å². The van der Waals surface area contributed by atoms with E-state index in [9.17, 15) is 14.7 Å². The van der Waals surface area contributed by atoms with Crippen molar-refractivity contribution < 1.29 is 28.9 Å². The average molecular weight is 537 g/mol. The van der Waals surface area contributed by atoms with Gasteiger partial charge in [-0.1, -0.05) is 45.7 Å². The Hall–Kier alpha value is -3.52. The number of unbranched alkanes of at least 4 members (excludes halogenated alkanes) is 2. The Bertz CT molecular complexity index is 1170. The van der Waals surface area contributed by atoms with Gasteiger partial charge in [-0.05, 0) is 68.4 Å². The summed E-state index contributed by atoms with van der Waals surface area (Å²) in [6.45, 7) is 10.9. The molecule has 210 valence electrons. The Labute approximate surface area is 231 Å². The van der Waals surface area contributed by atoms with Gasteiger partial charge < -0.3 is 29.1 Å². The van der Waals surface area contributed by atoms with Crippen LogP contribution < -0.4 is 14.2 Å². The van der Waals surface area contributed by atoms with Crippen molar-refractivity contribution in [1.29, 1.82) is 0 Å². The molecule has 0 bridgehead atoms. The van der Waals surface area contributed by atoms with Crippen LogP contribution in [0.1, 0.15) is 63.6 Å². The molecule has 0 unspecified atom stereocenters. The Kier molecular flexibility index (Phi) is 9.87. The number of hydrogen-bond donors (Lipinski definition) is 1. The maximum Gasteiger partial charge on any atom is 0.295 e. The predicted octanol–water partition coefficient (Wildman–Crippen LogP) is 5.18. The fourth-order valence-electron chi connectivity index (χ4n) is 5.10. The summed E-state index contributed by atoms with van der Waals surface area (Å²) in [6.07, 6.45) is 3.94. The number of amides is 1.